The molecule has 0 radical (unpaired) electrons. The smallest absolute Gasteiger partial charge is 0.135 e. The molecule has 5 nitrogen and oxygen atoms in total. The van der Waals surface area contributed by atoms with Gasteiger partial charge in [0.1, 0.15) is 5.82 Å². The van der Waals surface area contributed by atoms with Gasteiger partial charge in [-0.2, -0.15) is 12.1 Å². The zero-order chi connectivity index (χ0) is 45.0. The Morgan fingerprint density at radius 3 is 1.91 bits per heavy atom. The van der Waals surface area contributed by atoms with Crippen molar-refractivity contribution in [2.45, 2.75) is 72.6 Å². The van der Waals surface area contributed by atoms with E-state index in [1.54, 1.807) is 0 Å². The summed E-state index contributed by atoms with van der Waals surface area (Å²) < 4.78 is 8.91. The van der Waals surface area contributed by atoms with Gasteiger partial charge in [0.25, 0.3) is 0 Å². The van der Waals surface area contributed by atoms with Gasteiger partial charge in [0.05, 0.1) is 0 Å². The summed E-state index contributed by atoms with van der Waals surface area (Å²) in [5.74, 6) is 2.53. The molecule has 7 aromatic carbocycles. The van der Waals surface area contributed by atoms with Crippen LogP contribution in [0.15, 0.2) is 164 Å². The predicted molar refractivity (Wildman–Crippen MR) is 271 cm³/mol. The van der Waals surface area contributed by atoms with Gasteiger partial charge in [-0.15, -0.1) is 48.1 Å². The number of hydrogen-bond acceptors (Lipinski definition) is 4. The van der Waals surface area contributed by atoms with Crippen molar-refractivity contribution < 1.29 is 25.8 Å². The van der Waals surface area contributed by atoms with E-state index in [4.69, 9.17) is 9.72 Å². The van der Waals surface area contributed by atoms with Crippen LogP contribution in [0, 0.1) is 24.7 Å². The maximum atomic E-state index is 6.68. The summed E-state index contributed by atoms with van der Waals surface area (Å²) in [6, 6.07) is 63.3. The third-order valence-corrected chi connectivity index (χ3v) is 12.5. The molecular weight excluding hydrogens is 988 g/mol. The Labute approximate surface area is 405 Å². The molecule has 1 aliphatic heterocycles. The van der Waals surface area contributed by atoms with Crippen molar-refractivity contribution in [1.29, 1.82) is 0 Å². The van der Waals surface area contributed by atoms with Gasteiger partial charge >= 0.3 is 0 Å². The molecule has 9 aromatic rings. The summed E-state index contributed by atoms with van der Waals surface area (Å²) in [7, 11) is 0. The second-order valence-corrected chi connectivity index (χ2v) is 19.8. The normalized spacial score (nSPS) is 12.8. The van der Waals surface area contributed by atoms with E-state index in [2.05, 4.69) is 228 Å². The number of hydrogen-bond donors (Lipinski definition) is 0. The minimum atomic E-state index is -0.00278. The molecule has 0 saturated heterocycles. The molecule has 3 heterocycles. The average Bonchev–Trinajstić information content (AvgIpc) is 3.85. The maximum Gasteiger partial charge on any atom is 0.135 e. The Bertz CT molecular complexity index is 3160. The average molecular weight is 1040 g/mol. The summed E-state index contributed by atoms with van der Waals surface area (Å²) in [5.41, 5.74) is 14.8. The van der Waals surface area contributed by atoms with E-state index in [0.717, 1.165) is 67.9 Å². The molecule has 0 spiro atoms. The van der Waals surface area contributed by atoms with E-state index >= 15 is 0 Å². The largest absolute Gasteiger partial charge is 0.509 e. The molecule has 1 aliphatic rings. The summed E-state index contributed by atoms with van der Waals surface area (Å²) in [4.78, 5) is 9.68. The van der Waals surface area contributed by atoms with Crippen LogP contribution in [0.5, 0.6) is 11.5 Å². The van der Waals surface area contributed by atoms with Crippen molar-refractivity contribution >= 4 is 44.6 Å². The van der Waals surface area contributed by atoms with Gasteiger partial charge in [-0.1, -0.05) is 152 Å². The summed E-state index contributed by atoms with van der Waals surface area (Å²) >= 11 is 0. The van der Waals surface area contributed by atoms with E-state index in [1.807, 2.05) is 24.4 Å². The molecule has 0 fully saturated rings. The van der Waals surface area contributed by atoms with Crippen molar-refractivity contribution in [2.24, 2.45) is 5.92 Å². The van der Waals surface area contributed by atoms with E-state index in [1.165, 1.54) is 27.8 Å². The number of para-hydroxylation sites is 3. The van der Waals surface area contributed by atoms with Crippen LogP contribution in [0.4, 0.5) is 22.7 Å². The van der Waals surface area contributed by atoms with Crippen molar-refractivity contribution in [3.8, 4) is 39.6 Å². The molecule has 0 saturated carbocycles. The standard InChI is InChI=1S/C60H55N4O.Pt/c1-40(2)31-44-32-58(61-38-53(44)43-27-25-42(26-28-43)41-17-10-9-11-18-41)64-54-22-13-12-21-51(54)52-30-29-50(37-57(52)64)65-49-20-16-19-47(36-49)62-39-63(56-24-15-14-23-55(56)62)48-34-45(59(3,4)5)33-46(35-48)60(6,7)8;/h9-30,32-35,38-40H,31H2,1-8H3;/q-3;. The second-order valence-electron chi connectivity index (χ2n) is 19.8. The Balaban J connectivity index is 0.00000548. The number of ether oxygens (including phenoxy) is 1. The minimum Gasteiger partial charge on any atom is -0.509 e. The van der Waals surface area contributed by atoms with Gasteiger partial charge in [0, 0.05) is 66.9 Å². The molecule has 66 heavy (non-hydrogen) atoms. The van der Waals surface area contributed by atoms with Gasteiger partial charge in [0.2, 0.25) is 0 Å². The van der Waals surface area contributed by atoms with Gasteiger partial charge in [-0.3, -0.25) is 0 Å². The number of aromatic nitrogens is 2. The molecule has 6 heteroatoms. The molecule has 0 N–H and O–H groups in total. The number of benzene rings is 7. The van der Waals surface area contributed by atoms with Crippen molar-refractivity contribution in [3.05, 3.63) is 199 Å². The molecule has 334 valence electrons. The van der Waals surface area contributed by atoms with E-state index in [9.17, 15) is 0 Å². The summed E-state index contributed by atoms with van der Waals surface area (Å²) in [6.07, 6.45) is 2.97. The van der Waals surface area contributed by atoms with Crippen molar-refractivity contribution in [2.75, 3.05) is 9.80 Å². The van der Waals surface area contributed by atoms with E-state index in [-0.39, 0.29) is 31.9 Å². The Morgan fingerprint density at radius 2 is 1.21 bits per heavy atom. The molecule has 0 unspecified atom stereocenters. The molecule has 0 aliphatic carbocycles. The first-order chi connectivity index (χ1) is 31.3. The fourth-order valence-corrected chi connectivity index (χ4v) is 9.00. The minimum absolute atomic E-state index is 0. The third-order valence-electron chi connectivity index (χ3n) is 12.5. The fraction of sp³-hybridized carbons (Fsp3) is 0.200. The van der Waals surface area contributed by atoms with Gasteiger partial charge in [-0.05, 0) is 98.3 Å². The zero-order valence-electron chi connectivity index (χ0n) is 39.0. The monoisotopic (exact) mass is 1040 g/mol. The molecule has 0 amide bonds. The number of anilines is 4. The van der Waals surface area contributed by atoms with E-state index in [0.29, 0.717) is 17.4 Å². The molecule has 0 atom stereocenters. The first kappa shape index (κ1) is 44.8. The van der Waals surface area contributed by atoms with Crippen LogP contribution < -0.4 is 14.5 Å². The fourth-order valence-electron chi connectivity index (χ4n) is 9.00. The number of rotatable bonds is 9. The maximum absolute atomic E-state index is 6.68. The Morgan fingerprint density at radius 1 is 0.591 bits per heavy atom. The topological polar surface area (TPSA) is 33.5 Å². The molecule has 2 aromatic heterocycles. The van der Waals surface area contributed by atoms with Crippen LogP contribution in [0.1, 0.15) is 72.1 Å². The van der Waals surface area contributed by atoms with Gasteiger partial charge in [0.15, 0.2) is 0 Å². The number of fused-ring (bicyclic) bond motifs is 4. The van der Waals surface area contributed by atoms with Crippen molar-refractivity contribution in [1.82, 2.24) is 9.55 Å². The first-order valence-corrected chi connectivity index (χ1v) is 22.8. The summed E-state index contributed by atoms with van der Waals surface area (Å²) in [6.45, 7) is 20.4. The van der Waals surface area contributed by atoms with Crippen LogP contribution >= 0.6 is 0 Å². The van der Waals surface area contributed by atoms with Gasteiger partial charge in [-0.25, -0.2) is 4.98 Å². The molecular formula is C60H55N4OPt-3. The Hall–Kier alpha value is -6.42. The SMILES string of the molecule is CC(C)Cc1cc(-n2c3[c-]c(Oc4[c-]c(N5[CH-]N(c6cc(C(C)(C)C)cc(C(C)(C)C)c6)c6ccccc65)ccc4)ccc3c3ccccc32)ncc1-c1ccc(-c2ccccc2)cc1.[Pt]. The molecule has 10 rings (SSSR count). The third kappa shape index (κ3) is 8.70. The van der Waals surface area contributed by atoms with E-state index < -0.39 is 0 Å². The van der Waals surface area contributed by atoms with Crippen LogP contribution in [0.3, 0.4) is 0 Å². The van der Waals surface area contributed by atoms with Gasteiger partial charge < -0.3 is 19.1 Å². The zero-order valence-corrected chi connectivity index (χ0v) is 41.2. The van der Waals surface area contributed by atoms with Crippen LogP contribution in [0.25, 0.3) is 49.9 Å². The Kier molecular flexibility index (Phi) is 12.0. The quantitative estimate of drug-likeness (QED) is 0.135. The first-order valence-electron chi connectivity index (χ1n) is 22.8. The van der Waals surface area contributed by atoms with Crippen LogP contribution in [-0.2, 0) is 38.3 Å². The van der Waals surface area contributed by atoms with Crippen LogP contribution in [0.2, 0.25) is 0 Å². The number of nitrogens with zero attached hydrogens (tertiary/aromatic N) is 4. The number of pyridine rings is 1. The summed E-state index contributed by atoms with van der Waals surface area (Å²) in [5, 5.41) is 2.23. The second kappa shape index (κ2) is 17.8. The predicted octanol–water partition coefficient (Wildman–Crippen LogP) is 16.1. The van der Waals surface area contributed by atoms with Crippen LogP contribution in [-0.4, -0.2) is 9.55 Å². The molecule has 0 bridgehead atoms. The van der Waals surface area contributed by atoms with Crippen molar-refractivity contribution in [3.63, 3.8) is 0 Å².